The Hall–Kier alpha value is -3.17. The summed E-state index contributed by atoms with van der Waals surface area (Å²) in [6.45, 7) is -0.0177. The van der Waals surface area contributed by atoms with Crippen LogP contribution in [-0.4, -0.2) is 27.5 Å². The lowest BCUT2D eigenvalue weighted by Gasteiger charge is -2.14. The van der Waals surface area contributed by atoms with Gasteiger partial charge in [0.15, 0.2) is 0 Å². The van der Waals surface area contributed by atoms with E-state index >= 15 is 0 Å². The molecule has 10 heteroatoms. The third-order valence-electron chi connectivity index (χ3n) is 6.03. The van der Waals surface area contributed by atoms with E-state index in [0.717, 1.165) is 29.4 Å². The van der Waals surface area contributed by atoms with Crippen molar-refractivity contribution in [2.45, 2.75) is 51.7 Å². The van der Waals surface area contributed by atoms with E-state index in [9.17, 15) is 19.2 Å². The highest BCUT2D eigenvalue weighted by molar-refractivity contribution is 7.17. The molecule has 35 heavy (non-hydrogen) atoms. The highest BCUT2D eigenvalue weighted by Gasteiger charge is 2.18. The minimum atomic E-state index is -0.695. The van der Waals surface area contributed by atoms with Gasteiger partial charge in [0.05, 0.1) is 5.52 Å². The quantitative estimate of drug-likeness (QED) is 0.428. The summed E-state index contributed by atoms with van der Waals surface area (Å²) in [4.78, 5) is 51.2. The van der Waals surface area contributed by atoms with Gasteiger partial charge in [-0.25, -0.2) is 9.36 Å². The lowest BCUT2D eigenvalue weighted by atomic mass is 9.97. The second kappa shape index (κ2) is 11.5. The van der Waals surface area contributed by atoms with E-state index in [1.807, 2.05) is 0 Å². The molecule has 2 heterocycles. The van der Waals surface area contributed by atoms with Gasteiger partial charge in [-0.15, -0.1) is 11.3 Å². The molecule has 2 N–H and O–H groups in total. The van der Waals surface area contributed by atoms with Crippen LogP contribution in [0, 0.1) is 0 Å². The third kappa shape index (κ3) is 6.10. The fourth-order valence-electron chi connectivity index (χ4n) is 4.15. The maximum Gasteiger partial charge on any atom is 0.332 e. The zero-order chi connectivity index (χ0) is 24.8. The molecule has 0 fully saturated rings. The molecule has 8 nitrogen and oxygen atoms in total. The Kier molecular flexibility index (Phi) is 8.20. The van der Waals surface area contributed by atoms with E-state index in [2.05, 4.69) is 16.7 Å². The molecule has 0 aliphatic heterocycles. The topological polar surface area (TPSA) is 102 Å². The van der Waals surface area contributed by atoms with E-state index in [1.54, 1.807) is 35.7 Å². The van der Waals surface area contributed by atoms with Crippen molar-refractivity contribution in [1.29, 1.82) is 0 Å². The van der Waals surface area contributed by atoms with E-state index in [-0.39, 0.29) is 19.0 Å². The number of aromatic nitrogens is 2. The fourth-order valence-corrected chi connectivity index (χ4v) is 5.20. The Morgan fingerprint density at radius 2 is 1.77 bits per heavy atom. The number of hydrogen-bond acceptors (Lipinski definition) is 5. The molecule has 0 atom stereocenters. The van der Waals surface area contributed by atoms with Gasteiger partial charge in [0, 0.05) is 18.1 Å². The molecule has 0 spiro atoms. The summed E-state index contributed by atoms with van der Waals surface area (Å²) in [7, 11) is 0. The Morgan fingerprint density at radius 3 is 2.54 bits per heavy atom. The van der Waals surface area contributed by atoms with Gasteiger partial charge in [0.1, 0.15) is 17.8 Å². The number of nitrogens with one attached hydrogen (secondary N) is 2. The maximum atomic E-state index is 13.2. The van der Waals surface area contributed by atoms with Gasteiger partial charge in [-0.1, -0.05) is 41.4 Å². The van der Waals surface area contributed by atoms with Crippen molar-refractivity contribution < 1.29 is 9.59 Å². The van der Waals surface area contributed by atoms with Crippen LogP contribution in [0.2, 0.25) is 5.02 Å². The number of benzene rings is 1. The van der Waals surface area contributed by atoms with E-state index in [0.29, 0.717) is 21.8 Å². The zero-order valence-electron chi connectivity index (χ0n) is 19.2. The molecule has 0 bridgehead atoms. The number of nitrogens with zero attached hydrogens (tertiary/aromatic N) is 2. The van der Waals surface area contributed by atoms with Gasteiger partial charge >= 0.3 is 5.69 Å². The van der Waals surface area contributed by atoms with E-state index in [4.69, 9.17) is 11.6 Å². The van der Waals surface area contributed by atoms with Gasteiger partial charge in [0.2, 0.25) is 11.8 Å². The molecular weight excluding hydrogens is 488 g/mol. The second-order valence-electron chi connectivity index (χ2n) is 8.47. The summed E-state index contributed by atoms with van der Waals surface area (Å²) in [5.41, 5.74) is 1.22. The molecule has 0 radical (unpaired) electrons. The largest absolute Gasteiger partial charge is 0.354 e. The predicted molar refractivity (Wildman–Crippen MR) is 138 cm³/mol. The van der Waals surface area contributed by atoms with Gasteiger partial charge in [-0.3, -0.25) is 19.0 Å². The van der Waals surface area contributed by atoms with Gasteiger partial charge in [-0.2, -0.15) is 0 Å². The van der Waals surface area contributed by atoms with Crippen LogP contribution >= 0.6 is 22.9 Å². The minimum Gasteiger partial charge on any atom is -0.354 e. The molecule has 2 aromatic heterocycles. The summed E-state index contributed by atoms with van der Waals surface area (Å²) >= 11 is 7.29. The van der Waals surface area contributed by atoms with Crippen LogP contribution in [0.1, 0.15) is 37.7 Å². The van der Waals surface area contributed by atoms with Gasteiger partial charge in [-0.05, 0) is 55.2 Å². The first kappa shape index (κ1) is 24.9. The molecule has 0 saturated heterocycles. The number of allylic oxidation sites excluding steroid dienone is 1. The van der Waals surface area contributed by atoms with Crippen molar-refractivity contribution in [1.82, 2.24) is 19.8 Å². The smallest absolute Gasteiger partial charge is 0.332 e. The van der Waals surface area contributed by atoms with Crippen LogP contribution in [-0.2, 0) is 29.2 Å². The summed E-state index contributed by atoms with van der Waals surface area (Å²) in [5, 5.41) is 7.76. The normalized spacial score (nSPS) is 13.5. The van der Waals surface area contributed by atoms with E-state index < -0.39 is 23.7 Å². The number of carbonyl (C=O) groups excluding carboxylic acids is 2. The number of thiophene rings is 1. The maximum absolute atomic E-state index is 13.2. The number of halogens is 1. The number of carbonyl (C=O) groups is 2. The summed E-state index contributed by atoms with van der Waals surface area (Å²) in [6, 6.07) is 8.73. The minimum absolute atomic E-state index is 0.168. The van der Waals surface area contributed by atoms with Crippen molar-refractivity contribution in [3.05, 3.63) is 78.8 Å². The van der Waals surface area contributed by atoms with Crippen molar-refractivity contribution in [3.63, 3.8) is 0 Å². The van der Waals surface area contributed by atoms with E-state index in [1.165, 1.54) is 34.3 Å². The molecular formula is C25H27ClN4O4S. The van der Waals surface area contributed by atoms with Crippen molar-refractivity contribution in [2.24, 2.45) is 0 Å². The molecule has 0 unspecified atom stereocenters. The summed E-state index contributed by atoms with van der Waals surface area (Å²) < 4.78 is 2.45. The molecule has 4 rings (SSSR count). The summed E-state index contributed by atoms with van der Waals surface area (Å²) in [5.74, 6) is -0.818. The first-order valence-electron chi connectivity index (χ1n) is 11.6. The highest BCUT2D eigenvalue weighted by Crippen LogP contribution is 2.19. The fraction of sp³-hybridized carbons (Fsp3) is 0.360. The predicted octanol–water partition coefficient (Wildman–Crippen LogP) is 3.20. The lowest BCUT2D eigenvalue weighted by molar-refractivity contribution is -0.122. The van der Waals surface area contributed by atoms with Crippen LogP contribution in [0.3, 0.4) is 0 Å². The first-order valence-corrected chi connectivity index (χ1v) is 12.9. The SMILES string of the molecule is O=C(Cn1c(=O)c2sccc2n(CC(=O)NCCC2=CCCCC2)c1=O)NCc1ccccc1Cl. The lowest BCUT2D eigenvalue weighted by Crippen LogP contribution is -2.45. The summed E-state index contributed by atoms with van der Waals surface area (Å²) in [6.07, 6.45) is 7.57. The van der Waals surface area contributed by atoms with Gasteiger partial charge < -0.3 is 10.6 Å². The third-order valence-corrected chi connectivity index (χ3v) is 7.29. The average Bonchev–Trinajstić information content (AvgIpc) is 3.35. The molecule has 1 aliphatic rings. The second-order valence-corrected chi connectivity index (χ2v) is 9.79. The monoisotopic (exact) mass is 514 g/mol. The molecule has 1 aliphatic carbocycles. The molecule has 3 aromatic rings. The van der Waals surface area contributed by atoms with Crippen LogP contribution in [0.15, 0.2) is 57.0 Å². The molecule has 1 aromatic carbocycles. The van der Waals surface area contributed by atoms with Crippen LogP contribution in [0.25, 0.3) is 10.2 Å². The van der Waals surface area contributed by atoms with Crippen molar-refractivity contribution >= 4 is 45.0 Å². The zero-order valence-corrected chi connectivity index (χ0v) is 20.8. The van der Waals surface area contributed by atoms with Crippen molar-refractivity contribution in [2.75, 3.05) is 6.54 Å². The standard InChI is InChI=1S/C25H27ClN4O4S/c26-19-9-5-4-8-18(19)14-28-22(32)16-30-24(33)23-20(11-13-35-23)29(25(30)34)15-21(31)27-12-10-17-6-2-1-3-7-17/h4-6,8-9,11,13H,1-3,7,10,12,14-16H2,(H,27,31)(H,28,32). The average molecular weight is 515 g/mol. The number of amides is 2. The van der Waals surface area contributed by atoms with Crippen molar-refractivity contribution in [3.8, 4) is 0 Å². The first-order chi connectivity index (χ1) is 16.9. The number of fused-ring (bicyclic) bond motifs is 1. The molecule has 184 valence electrons. The van der Waals surface area contributed by atoms with Crippen LogP contribution in [0.5, 0.6) is 0 Å². The van der Waals surface area contributed by atoms with Gasteiger partial charge in [0.25, 0.3) is 5.56 Å². The van der Waals surface area contributed by atoms with Crippen LogP contribution < -0.4 is 21.9 Å². The highest BCUT2D eigenvalue weighted by atomic mass is 35.5. The Labute approximate surface area is 211 Å². The Morgan fingerprint density at radius 1 is 1.00 bits per heavy atom. The Bertz CT molecular complexity index is 1390. The molecule has 2 amide bonds. The number of hydrogen-bond donors (Lipinski definition) is 2. The molecule has 0 saturated carbocycles. The number of rotatable bonds is 9. The Balaban J connectivity index is 1.47. The van der Waals surface area contributed by atoms with Crippen LogP contribution in [0.4, 0.5) is 0 Å².